The molecule has 0 saturated carbocycles. The molecule has 11 nitrogen and oxygen atoms in total. The van der Waals surface area contributed by atoms with E-state index in [9.17, 15) is 23.7 Å². The Kier molecular flexibility index (Phi) is 7.28. The fraction of sp³-hybridized carbons (Fsp3) is 0.333. The lowest BCUT2D eigenvalue weighted by Gasteiger charge is -2.06. The number of nitrogens with one attached hydrogen (secondary N) is 2. The molecule has 0 aromatic heterocycles. The number of amides is 4. The number of nitrogens with two attached hydrogens (primary N) is 2. The summed E-state index contributed by atoms with van der Waals surface area (Å²) in [6, 6.07) is 0. The van der Waals surface area contributed by atoms with Crippen molar-refractivity contribution in [1.29, 1.82) is 0 Å². The van der Waals surface area contributed by atoms with Crippen LogP contribution in [0.25, 0.3) is 0 Å². The Bertz CT molecular complexity index is 350. The molecule has 0 aromatic carbocycles. The molecule has 12 heteroatoms. The van der Waals surface area contributed by atoms with E-state index in [0.717, 1.165) is 0 Å². The highest BCUT2D eigenvalue weighted by atomic mass is 31.1. The molecule has 0 atom stereocenters. The lowest BCUT2D eigenvalue weighted by Crippen LogP contribution is -2.37. The van der Waals surface area contributed by atoms with Crippen LogP contribution in [0.5, 0.6) is 0 Å². The van der Waals surface area contributed by atoms with Gasteiger partial charge in [-0.1, -0.05) is 0 Å². The molecule has 0 unspecified atom stereocenters. The molecule has 0 spiro atoms. The number of carbonyl (C=O) groups is 4. The number of carbonyl (C=O) groups excluding carboxylic acids is 4. The molecule has 6 N–H and O–H groups in total. The summed E-state index contributed by atoms with van der Waals surface area (Å²) in [6.45, 7) is -1.13. The normalized spacial score (nSPS) is 9.83. The zero-order chi connectivity index (χ0) is 14.1. The molecule has 4 amide bonds. The van der Waals surface area contributed by atoms with Crippen LogP contribution in [0.3, 0.4) is 0 Å². The minimum Gasteiger partial charge on any atom is -0.361 e. The van der Waals surface area contributed by atoms with Gasteiger partial charge in [0, 0.05) is 0 Å². The molecule has 0 aliphatic heterocycles. The third kappa shape index (κ3) is 7.33. The first kappa shape index (κ1) is 16.0. The molecule has 0 radical (unpaired) electrons. The van der Waals surface area contributed by atoms with Gasteiger partial charge in [-0.3, -0.25) is 32.8 Å². The van der Waals surface area contributed by atoms with Crippen molar-refractivity contribution in [3.63, 3.8) is 0 Å². The third-order valence-corrected chi connectivity index (χ3v) is 2.05. The van der Waals surface area contributed by atoms with Gasteiger partial charge in [0.25, 0.3) is 0 Å². The molecule has 0 fully saturated rings. The summed E-state index contributed by atoms with van der Waals surface area (Å²) in [6.07, 6.45) is 0. The second kappa shape index (κ2) is 8.17. The lowest BCUT2D eigenvalue weighted by molar-refractivity contribution is -0.138. The van der Waals surface area contributed by atoms with Crippen molar-refractivity contribution >= 4 is 31.9 Å². The zero-order valence-corrected chi connectivity index (χ0v) is 9.93. The summed E-state index contributed by atoms with van der Waals surface area (Å²) in [5.41, 5.74) is 9.19. The number of primary amides is 2. The highest BCUT2D eigenvalue weighted by Crippen LogP contribution is 2.21. The lowest BCUT2D eigenvalue weighted by atomic mass is 10.6. The molecule has 18 heavy (non-hydrogen) atoms. The molecule has 0 rings (SSSR count). The van der Waals surface area contributed by atoms with Gasteiger partial charge in [0.15, 0.2) is 0 Å². The highest BCUT2D eigenvalue weighted by molar-refractivity contribution is 7.33. The Balaban J connectivity index is 3.67. The van der Waals surface area contributed by atoms with Crippen molar-refractivity contribution in [3.8, 4) is 0 Å². The van der Waals surface area contributed by atoms with E-state index >= 15 is 0 Å². The first-order chi connectivity index (χ1) is 8.34. The first-order valence-electron chi connectivity index (χ1n) is 4.29. The third-order valence-electron chi connectivity index (χ3n) is 1.29. The Morgan fingerprint density at radius 1 is 0.889 bits per heavy atom. The van der Waals surface area contributed by atoms with E-state index in [1.54, 1.807) is 0 Å². The summed E-state index contributed by atoms with van der Waals surface area (Å²) < 4.78 is 19.8. The minimum atomic E-state index is -3.02. The molecular weight excluding hydrogens is 271 g/mol. The van der Waals surface area contributed by atoms with Gasteiger partial charge in [-0.25, -0.2) is 0 Å². The van der Waals surface area contributed by atoms with Crippen LogP contribution in [0.15, 0.2) is 0 Å². The fourth-order valence-electron chi connectivity index (χ4n) is 0.537. The molecular formula is C6H11N4O7P. The average Bonchev–Trinajstić information content (AvgIpc) is 2.28. The smallest absolute Gasteiger partial charge is 0.322 e. The molecule has 0 heterocycles. The fourth-order valence-corrected chi connectivity index (χ4v) is 1.00. The molecule has 102 valence electrons. The summed E-state index contributed by atoms with van der Waals surface area (Å²) in [5, 5.41) is 3.76. The first-order valence-corrected chi connectivity index (χ1v) is 5.52. The van der Waals surface area contributed by atoms with E-state index in [1.807, 2.05) is 10.6 Å². The van der Waals surface area contributed by atoms with Crippen LogP contribution >= 0.6 is 8.25 Å². The van der Waals surface area contributed by atoms with E-state index in [4.69, 9.17) is 0 Å². The van der Waals surface area contributed by atoms with Gasteiger partial charge in [0.05, 0.1) is 0 Å². The Morgan fingerprint density at radius 2 is 1.22 bits per heavy atom. The van der Waals surface area contributed by atoms with Crippen molar-refractivity contribution < 1.29 is 32.8 Å². The second-order valence-corrected chi connectivity index (χ2v) is 3.65. The van der Waals surface area contributed by atoms with Gasteiger partial charge < -0.3 is 22.1 Å². The monoisotopic (exact) mass is 282 g/mol. The van der Waals surface area contributed by atoms with E-state index in [-0.39, 0.29) is 0 Å². The Morgan fingerprint density at radius 3 is 1.50 bits per heavy atom. The van der Waals surface area contributed by atoms with E-state index in [1.165, 1.54) is 0 Å². The van der Waals surface area contributed by atoms with Crippen molar-refractivity contribution in [2.24, 2.45) is 11.5 Å². The second-order valence-electron chi connectivity index (χ2n) is 2.57. The topological polar surface area (TPSA) is 180 Å². The van der Waals surface area contributed by atoms with Crippen LogP contribution in [0, 0.1) is 0 Å². The van der Waals surface area contributed by atoms with Gasteiger partial charge in [-0.05, 0) is 0 Å². The van der Waals surface area contributed by atoms with Gasteiger partial charge in [-0.2, -0.15) is 0 Å². The Labute approximate surface area is 101 Å². The van der Waals surface area contributed by atoms with Crippen LogP contribution in [0.1, 0.15) is 0 Å². The van der Waals surface area contributed by atoms with Crippen molar-refractivity contribution in [2.75, 3.05) is 13.5 Å². The minimum absolute atomic E-state index is 0.566. The molecule has 0 aliphatic rings. The van der Waals surface area contributed by atoms with Crippen molar-refractivity contribution in [2.45, 2.75) is 0 Å². The summed E-state index contributed by atoms with van der Waals surface area (Å²) in [4.78, 5) is 41.7. The summed E-state index contributed by atoms with van der Waals surface area (Å²) in [7, 11) is -3.02. The van der Waals surface area contributed by atoms with E-state index < -0.39 is 45.3 Å². The standard InChI is InChI=1S/C6H11N4O7P/c7-3(11)5(13)9-1-16-18(15)17-2-10-6(14)4(8)12/h18H,1-2H2,(H2,7,11)(H2,8,12)(H,9,13)(H,10,14). The predicted molar refractivity (Wildman–Crippen MR) is 55.6 cm³/mol. The van der Waals surface area contributed by atoms with E-state index in [0.29, 0.717) is 0 Å². The predicted octanol–water partition coefficient (Wildman–Crippen LogP) is -3.47. The summed E-state index contributed by atoms with van der Waals surface area (Å²) >= 11 is 0. The number of hydrogen-bond donors (Lipinski definition) is 4. The van der Waals surface area contributed by atoms with Gasteiger partial charge in [-0.15, -0.1) is 0 Å². The van der Waals surface area contributed by atoms with Crippen LogP contribution in [0.2, 0.25) is 0 Å². The molecule has 0 saturated heterocycles. The van der Waals surface area contributed by atoms with Crippen LogP contribution in [-0.4, -0.2) is 37.1 Å². The van der Waals surface area contributed by atoms with Crippen molar-refractivity contribution in [1.82, 2.24) is 10.6 Å². The van der Waals surface area contributed by atoms with Gasteiger partial charge >= 0.3 is 31.9 Å². The van der Waals surface area contributed by atoms with Crippen LogP contribution < -0.4 is 22.1 Å². The zero-order valence-electron chi connectivity index (χ0n) is 8.93. The van der Waals surface area contributed by atoms with Gasteiger partial charge in [0.1, 0.15) is 13.5 Å². The van der Waals surface area contributed by atoms with Gasteiger partial charge in [0.2, 0.25) is 0 Å². The SMILES string of the molecule is NC(=O)C(=O)NCO[PH](=O)OCNC(=O)C(N)=O. The number of hydrogen-bond acceptors (Lipinski definition) is 7. The maximum absolute atomic E-state index is 11.0. The van der Waals surface area contributed by atoms with Crippen LogP contribution in [-0.2, 0) is 32.8 Å². The average molecular weight is 282 g/mol. The summed E-state index contributed by atoms with van der Waals surface area (Å²) in [5.74, 6) is -4.69. The Hall–Kier alpha value is -1.97. The number of rotatable bonds is 6. The molecule has 0 aromatic rings. The maximum atomic E-state index is 11.0. The molecule has 0 aliphatic carbocycles. The van der Waals surface area contributed by atoms with Crippen LogP contribution in [0.4, 0.5) is 0 Å². The van der Waals surface area contributed by atoms with E-state index in [2.05, 4.69) is 20.5 Å². The largest absolute Gasteiger partial charge is 0.361 e. The van der Waals surface area contributed by atoms with Crippen molar-refractivity contribution in [3.05, 3.63) is 0 Å². The molecule has 0 bridgehead atoms. The quantitative estimate of drug-likeness (QED) is 0.222. The highest BCUT2D eigenvalue weighted by Gasteiger charge is 2.10. The maximum Gasteiger partial charge on any atom is 0.322 e.